The highest BCUT2D eigenvalue weighted by Crippen LogP contribution is 2.32. The molecule has 8 heteroatoms. The highest BCUT2D eigenvalue weighted by Gasteiger charge is 2.30. The first-order chi connectivity index (χ1) is 13.0. The van der Waals surface area contributed by atoms with Crippen LogP contribution >= 0.6 is 0 Å². The van der Waals surface area contributed by atoms with E-state index in [1.165, 1.54) is 0 Å². The van der Waals surface area contributed by atoms with Crippen LogP contribution in [0.15, 0.2) is 29.5 Å². The van der Waals surface area contributed by atoms with E-state index >= 15 is 0 Å². The van der Waals surface area contributed by atoms with Gasteiger partial charge in [0, 0.05) is 18.8 Å². The van der Waals surface area contributed by atoms with Crippen molar-refractivity contribution in [3.63, 3.8) is 0 Å². The van der Waals surface area contributed by atoms with Gasteiger partial charge in [0.2, 0.25) is 6.79 Å². The number of benzene rings is 1. The maximum Gasteiger partial charge on any atom is 0.337 e. The fourth-order valence-electron chi connectivity index (χ4n) is 3.20. The standard InChI is InChI=1S/C19H25N3O5/c1-4-22(9-13-6-7-15-16(8-13)27-11-26-15)10-14-17(18(23)25-5-2)12(3)20-19(24)21-14/h6-8,12H,4-5,9-11H2,1-3H3,(H2,20,21,24). The highest BCUT2D eigenvalue weighted by atomic mass is 16.7. The van der Waals surface area contributed by atoms with Gasteiger partial charge in [-0.25, -0.2) is 9.59 Å². The van der Waals surface area contributed by atoms with Gasteiger partial charge >= 0.3 is 12.0 Å². The number of hydrogen-bond acceptors (Lipinski definition) is 6. The van der Waals surface area contributed by atoms with Gasteiger partial charge in [-0.15, -0.1) is 0 Å². The van der Waals surface area contributed by atoms with Crippen LogP contribution in [0.25, 0.3) is 0 Å². The summed E-state index contributed by atoms with van der Waals surface area (Å²) in [5.41, 5.74) is 2.10. The van der Waals surface area contributed by atoms with Crippen molar-refractivity contribution < 1.29 is 23.8 Å². The van der Waals surface area contributed by atoms with E-state index in [0.717, 1.165) is 23.6 Å². The quantitative estimate of drug-likeness (QED) is 0.706. The van der Waals surface area contributed by atoms with Crippen molar-refractivity contribution in [1.82, 2.24) is 15.5 Å². The van der Waals surface area contributed by atoms with Gasteiger partial charge in [-0.05, 0) is 38.1 Å². The zero-order valence-corrected chi connectivity index (χ0v) is 15.8. The van der Waals surface area contributed by atoms with Crippen LogP contribution < -0.4 is 20.1 Å². The van der Waals surface area contributed by atoms with Crippen molar-refractivity contribution in [2.75, 3.05) is 26.5 Å². The molecule has 0 aliphatic carbocycles. The van der Waals surface area contributed by atoms with E-state index in [1.54, 1.807) is 13.8 Å². The first-order valence-electron chi connectivity index (χ1n) is 9.10. The van der Waals surface area contributed by atoms with Gasteiger partial charge in [-0.1, -0.05) is 13.0 Å². The SMILES string of the molecule is CCOC(=O)C1=C(CN(CC)Cc2ccc3c(c2)OCO3)NC(=O)NC1C. The fraction of sp³-hybridized carbons (Fsp3) is 0.474. The maximum absolute atomic E-state index is 12.4. The van der Waals surface area contributed by atoms with Gasteiger partial charge in [0.25, 0.3) is 0 Å². The Balaban J connectivity index is 1.79. The first kappa shape index (κ1) is 19.0. The molecule has 2 amide bonds. The van der Waals surface area contributed by atoms with Gasteiger partial charge in [0.15, 0.2) is 11.5 Å². The smallest absolute Gasteiger partial charge is 0.337 e. The second kappa shape index (κ2) is 8.30. The molecule has 1 aromatic rings. The first-order valence-corrected chi connectivity index (χ1v) is 9.10. The molecule has 0 fully saturated rings. The largest absolute Gasteiger partial charge is 0.463 e. The van der Waals surface area contributed by atoms with E-state index in [2.05, 4.69) is 15.5 Å². The lowest BCUT2D eigenvalue weighted by Crippen LogP contribution is -2.51. The van der Waals surface area contributed by atoms with E-state index in [0.29, 0.717) is 24.4 Å². The summed E-state index contributed by atoms with van der Waals surface area (Å²) in [6.07, 6.45) is 0. The van der Waals surface area contributed by atoms with E-state index in [-0.39, 0.29) is 19.4 Å². The molecule has 1 aromatic carbocycles. The molecule has 3 rings (SSSR count). The molecule has 2 aliphatic rings. The predicted octanol–water partition coefficient (Wildman–Crippen LogP) is 1.76. The monoisotopic (exact) mass is 375 g/mol. The third-order valence-electron chi connectivity index (χ3n) is 4.54. The van der Waals surface area contributed by atoms with Gasteiger partial charge in [0.1, 0.15) is 0 Å². The van der Waals surface area contributed by atoms with Crippen molar-refractivity contribution in [2.45, 2.75) is 33.4 Å². The van der Waals surface area contributed by atoms with Crippen molar-refractivity contribution in [1.29, 1.82) is 0 Å². The number of nitrogens with one attached hydrogen (secondary N) is 2. The number of nitrogens with zero attached hydrogens (tertiary/aromatic N) is 1. The number of carbonyl (C=O) groups is 2. The van der Waals surface area contributed by atoms with E-state index in [1.807, 2.05) is 25.1 Å². The van der Waals surface area contributed by atoms with Gasteiger partial charge in [-0.3, -0.25) is 4.90 Å². The Bertz CT molecular complexity index is 762. The summed E-state index contributed by atoms with van der Waals surface area (Å²) in [6.45, 7) is 7.90. The van der Waals surface area contributed by atoms with Crippen LogP contribution in [0.1, 0.15) is 26.3 Å². The Labute approximate surface area is 158 Å². The minimum atomic E-state index is -0.411. The number of urea groups is 1. The van der Waals surface area contributed by atoms with Crippen LogP contribution in [0.4, 0.5) is 4.79 Å². The summed E-state index contributed by atoms with van der Waals surface area (Å²) in [4.78, 5) is 26.4. The predicted molar refractivity (Wildman–Crippen MR) is 98.3 cm³/mol. The summed E-state index contributed by atoms with van der Waals surface area (Å²) in [6, 6.07) is 5.11. The van der Waals surface area contributed by atoms with Crippen LogP contribution in [-0.2, 0) is 16.1 Å². The number of rotatable bonds is 7. The van der Waals surface area contributed by atoms with Crippen molar-refractivity contribution in [3.8, 4) is 11.5 Å². The molecule has 1 atom stereocenters. The van der Waals surface area contributed by atoms with Crippen LogP contribution in [0.2, 0.25) is 0 Å². The van der Waals surface area contributed by atoms with Crippen LogP contribution in [0.3, 0.4) is 0 Å². The topological polar surface area (TPSA) is 89.1 Å². The minimum Gasteiger partial charge on any atom is -0.463 e. The molecular weight excluding hydrogens is 350 g/mol. The molecule has 146 valence electrons. The van der Waals surface area contributed by atoms with Gasteiger partial charge < -0.3 is 24.8 Å². The molecule has 0 aromatic heterocycles. The second-order valence-corrected chi connectivity index (χ2v) is 6.42. The highest BCUT2D eigenvalue weighted by molar-refractivity contribution is 5.94. The molecule has 0 spiro atoms. The summed E-state index contributed by atoms with van der Waals surface area (Å²) in [5, 5.41) is 5.48. The normalized spacial score (nSPS) is 18.4. The average molecular weight is 375 g/mol. The number of hydrogen-bond donors (Lipinski definition) is 2. The number of carbonyl (C=O) groups excluding carboxylic acids is 2. The Morgan fingerprint density at radius 2 is 2.04 bits per heavy atom. The van der Waals surface area contributed by atoms with Crippen molar-refractivity contribution >= 4 is 12.0 Å². The Morgan fingerprint density at radius 1 is 1.26 bits per heavy atom. The van der Waals surface area contributed by atoms with Gasteiger partial charge in [-0.2, -0.15) is 0 Å². The molecular formula is C19H25N3O5. The molecule has 0 radical (unpaired) electrons. The number of fused-ring (bicyclic) bond motifs is 1. The number of ether oxygens (including phenoxy) is 3. The fourth-order valence-corrected chi connectivity index (χ4v) is 3.20. The van der Waals surface area contributed by atoms with Crippen LogP contribution in [0.5, 0.6) is 11.5 Å². The lowest BCUT2D eigenvalue weighted by Gasteiger charge is -2.30. The molecule has 2 heterocycles. The summed E-state index contributed by atoms with van der Waals surface area (Å²) in [7, 11) is 0. The lowest BCUT2D eigenvalue weighted by molar-refractivity contribution is -0.139. The molecule has 27 heavy (non-hydrogen) atoms. The lowest BCUT2D eigenvalue weighted by atomic mass is 10.0. The minimum absolute atomic E-state index is 0.239. The number of likely N-dealkylation sites (N-methyl/N-ethyl adjacent to an activating group) is 1. The Morgan fingerprint density at radius 3 is 2.78 bits per heavy atom. The number of amides is 2. The Kier molecular flexibility index (Phi) is 5.85. The summed E-state index contributed by atoms with van der Waals surface area (Å²) < 4.78 is 15.9. The third-order valence-corrected chi connectivity index (χ3v) is 4.54. The summed E-state index contributed by atoms with van der Waals surface area (Å²) in [5.74, 6) is 1.07. The maximum atomic E-state index is 12.4. The van der Waals surface area contributed by atoms with Crippen LogP contribution in [-0.4, -0.2) is 49.4 Å². The van der Waals surface area contributed by atoms with E-state index in [4.69, 9.17) is 14.2 Å². The van der Waals surface area contributed by atoms with E-state index in [9.17, 15) is 9.59 Å². The molecule has 1 unspecified atom stereocenters. The van der Waals surface area contributed by atoms with Gasteiger partial charge in [0.05, 0.1) is 18.2 Å². The molecule has 0 bridgehead atoms. The second-order valence-electron chi connectivity index (χ2n) is 6.42. The number of esters is 1. The molecule has 0 saturated carbocycles. The third kappa shape index (κ3) is 4.33. The zero-order chi connectivity index (χ0) is 19.4. The molecule has 8 nitrogen and oxygen atoms in total. The molecule has 2 aliphatic heterocycles. The van der Waals surface area contributed by atoms with Crippen LogP contribution in [0, 0.1) is 0 Å². The van der Waals surface area contributed by atoms with E-state index < -0.39 is 12.0 Å². The molecule has 0 saturated heterocycles. The summed E-state index contributed by atoms with van der Waals surface area (Å²) >= 11 is 0. The molecule has 2 N–H and O–H groups in total. The van der Waals surface area contributed by atoms with Crippen molar-refractivity contribution in [2.24, 2.45) is 0 Å². The Hall–Kier alpha value is -2.74. The van der Waals surface area contributed by atoms with Crippen molar-refractivity contribution in [3.05, 3.63) is 35.0 Å². The zero-order valence-electron chi connectivity index (χ0n) is 15.8. The average Bonchev–Trinajstić information content (AvgIpc) is 3.08.